The number of methoxy groups -OCH3 is 1. The molecule has 1 aromatic rings. The number of carboxylic acid groups (broad SMARTS) is 1. The normalized spacial score (nSPS) is 15.1. The van der Waals surface area contributed by atoms with E-state index in [9.17, 15) is 9.90 Å². The molecule has 1 atom stereocenters. The van der Waals surface area contributed by atoms with Crippen LogP contribution in [0.4, 0.5) is 0 Å². The monoisotopic (exact) mass is 318 g/mol. The number of aliphatic hydroxyl groups excluding tert-OH is 1. The van der Waals surface area contributed by atoms with Gasteiger partial charge in [0.25, 0.3) is 0 Å². The summed E-state index contributed by atoms with van der Waals surface area (Å²) in [5.74, 6) is -0.586. The van der Waals surface area contributed by atoms with Crippen LogP contribution in [0.25, 0.3) is 0 Å². The minimum Gasteiger partial charge on any atom is -0.495 e. The molecule has 2 N–H and O–H groups in total. The van der Waals surface area contributed by atoms with Crippen LogP contribution < -0.4 is 14.2 Å². The fraction of sp³-hybridized carbons (Fsp3) is 0.364. The molecule has 98 valence electrons. The second kappa shape index (κ2) is 5.03. The van der Waals surface area contributed by atoms with Crippen molar-refractivity contribution in [3.05, 3.63) is 16.1 Å². The highest BCUT2D eigenvalue weighted by molar-refractivity contribution is 9.10. The van der Waals surface area contributed by atoms with Gasteiger partial charge < -0.3 is 24.4 Å². The van der Waals surface area contributed by atoms with Crippen LogP contribution in [0.5, 0.6) is 17.2 Å². The fourth-order valence-electron chi connectivity index (χ4n) is 1.74. The summed E-state index contributed by atoms with van der Waals surface area (Å²) < 4.78 is 16.3. The van der Waals surface area contributed by atoms with E-state index in [4.69, 9.17) is 19.3 Å². The van der Waals surface area contributed by atoms with Crippen LogP contribution in [0.1, 0.15) is 11.7 Å². The lowest BCUT2D eigenvalue weighted by molar-refractivity contribution is -0.147. The second-order valence-electron chi connectivity index (χ2n) is 3.57. The molecule has 0 bridgehead atoms. The summed E-state index contributed by atoms with van der Waals surface area (Å²) in [7, 11) is 1.38. The molecule has 0 amide bonds. The molecule has 1 aliphatic rings. The van der Waals surface area contributed by atoms with Crippen LogP contribution in [0, 0.1) is 0 Å². The number of halogens is 1. The zero-order chi connectivity index (χ0) is 13.3. The molecule has 0 aromatic heterocycles. The van der Waals surface area contributed by atoms with Crippen LogP contribution in [0.2, 0.25) is 0 Å². The van der Waals surface area contributed by atoms with Crippen molar-refractivity contribution in [1.29, 1.82) is 0 Å². The average molecular weight is 319 g/mol. The molecular weight excluding hydrogens is 308 g/mol. The predicted molar refractivity (Wildman–Crippen MR) is 64.3 cm³/mol. The van der Waals surface area contributed by atoms with Gasteiger partial charge in [-0.2, -0.15) is 0 Å². The van der Waals surface area contributed by atoms with Crippen molar-refractivity contribution in [3.8, 4) is 17.2 Å². The smallest absolute Gasteiger partial charge is 0.337 e. The number of hydrogen-bond acceptors (Lipinski definition) is 5. The second-order valence-corrected chi connectivity index (χ2v) is 4.42. The highest BCUT2D eigenvalue weighted by atomic mass is 79.9. The Labute approximate surface area is 111 Å². The van der Waals surface area contributed by atoms with Gasteiger partial charge >= 0.3 is 5.97 Å². The van der Waals surface area contributed by atoms with Crippen LogP contribution in [0.15, 0.2) is 10.5 Å². The van der Waals surface area contributed by atoms with Gasteiger partial charge in [-0.1, -0.05) is 0 Å². The first-order valence-electron chi connectivity index (χ1n) is 5.13. The first-order valence-corrected chi connectivity index (χ1v) is 5.92. The van der Waals surface area contributed by atoms with Crippen LogP contribution in [0.3, 0.4) is 0 Å². The summed E-state index contributed by atoms with van der Waals surface area (Å²) in [6, 6.07) is 1.62. The lowest BCUT2D eigenvalue weighted by Crippen LogP contribution is -2.20. The predicted octanol–water partition coefficient (Wildman–Crippen LogP) is 1.35. The van der Waals surface area contributed by atoms with Crippen molar-refractivity contribution in [2.75, 3.05) is 20.3 Å². The molecule has 0 radical (unpaired) electrons. The van der Waals surface area contributed by atoms with Crippen molar-refractivity contribution >= 4 is 21.9 Å². The number of hydrogen-bond donors (Lipinski definition) is 2. The summed E-state index contributed by atoms with van der Waals surface area (Å²) in [4.78, 5) is 10.9. The quantitative estimate of drug-likeness (QED) is 0.875. The van der Waals surface area contributed by atoms with Crippen LogP contribution in [-0.2, 0) is 4.79 Å². The number of benzene rings is 1. The van der Waals surface area contributed by atoms with Gasteiger partial charge in [0.05, 0.1) is 17.1 Å². The first-order chi connectivity index (χ1) is 8.56. The summed E-state index contributed by atoms with van der Waals surface area (Å²) in [5.41, 5.74) is 0.0501. The van der Waals surface area contributed by atoms with Gasteiger partial charge in [-0.15, -0.1) is 0 Å². The van der Waals surface area contributed by atoms with E-state index in [1.54, 1.807) is 6.07 Å². The maximum atomic E-state index is 10.9. The van der Waals surface area contributed by atoms with Crippen molar-refractivity contribution in [3.63, 3.8) is 0 Å². The third-order valence-electron chi connectivity index (χ3n) is 2.49. The van der Waals surface area contributed by atoms with Gasteiger partial charge in [0.15, 0.2) is 17.6 Å². The zero-order valence-corrected chi connectivity index (χ0v) is 11.1. The number of rotatable bonds is 3. The average Bonchev–Trinajstić information content (AvgIpc) is 2.36. The number of fused-ring (bicyclic) bond motifs is 1. The third kappa shape index (κ3) is 2.11. The molecule has 1 heterocycles. The molecule has 1 unspecified atom stereocenters. The van der Waals surface area contributed by atoms with Gasteiger partial charge in [-0.05, 0) is 15.9 Å². The van der Waals surface area contributed by atoms with Gasteiger partial charge in [0.1, 0.15) is 19.0 Å². The Hall–Kier alpha value is -1.47. The molecule has 0 aliphatic carbocycles. The molecular formula is C11H11BrO6. The number of ether oxygens (including phenoxy) is 3. The molecule has 18 heavy (non-hydrogen) atoms. The highest BCUT2D eigenvalue weighted by Crippen LogP contribution is 2.47. The maximum absolute atomic E-state index is 10.9. The van der Waals surface area contributed by atoms with E-state index in [-0.39, 0.29) is 23.7 Å². The van der Waals surface area contributed by atoms with E-state index in [0.29, 0.717) is 16.8 Å². The fourth-order valence-corrected chi connectivity index (χ4v) is 2.32. The van der Waals surface area contributed by atoms with Gasteiger partial charge in [-0.25, -0.2) is 4.79 Å². The Balaban J connectivity index is 2.65. The van der Waals surface area contributed by atoms with E-state index in [1.165, 1.54) is 7.11 Å². The Kier molecular flexibility index (Phi) is 3.63. The number of aliphatic carboxylic acids is 1. The maximum Gasteiger partial charge on any atom is 0.337 e. The Morgan fingerprint density at radius 3 is 2.78 bits per heavy atom. The van der Waals surface area contributed by atoms with E-state index in [1.807, 2.05) is 0 Å². The third-order valence-corrected chi connectivity index (χ3v) is 3.08. The molecule has 7 heteroatoms. The van der Waals surface area contributed by atoms with Crippen molar-refractivity contribution < 1.29 is 29.2 Å². The van der Waals surface area contributed by atoms with Crippen molar-refractivity contribution in [2.45, 2.75) is 6.10 Å². The van der Waals surface area contributed by atoms with E-state index < -0.39 is 12.1 Å². The van der Waals surface area contributed by atoms with Crippen LogP contribution >= 0.6 is 15.9 Å². The summed E-state index contributed by atoms with van der Waals surface area (Å²) >= 11 is 3.24. The van der Waals surface area contributed by atoms with E-state index in [2.05, 4.69) is 15.9 Å². The molecule has 1 aromatic carbocycles. The van der Waals surface area contributed by atoms with E-state index in [0.717, 1.165) is 0 Å². The standard InChI is InChI=1S/C11H11BrO6/c1-16-9-5(12)4-6-10(18-3-2-17-6)7(9)8(13)11(14)15/h4,8,13H,2-3H2,1H3,(H,14,15). The lowest BCUT2D eigenvalue weighted by Gasteiger charge is -2.24. The Bertz CT molecular complexity index is 487. The zero-order valence-electron chi connectivity index (χ0n) is 9.47. The van der Waals surface area contributed by atoms with Crippen LogP contribution in [-0.4, -0.2) is 36.5 Å². The molecule has 0 saturated heterocycles. The minimum absolute atomic E-state index is 0.0501. The van der Waals surface area contributed by atoms with E-state index >= 15 is 0 Å². The van der Waals surface area contributed by atoms with Gasteiger partial charge in [0, 0.05) is 6.07 Å². The Morgan fingerprint density at radius 2 is 2.17 bits per heavy atom. The van der Waals surface area contributed by atoms with Gasteiger partial charge in [0.2, 0.25) is 0 Å². The summed E-state index contributed by atoms with van der Waals surface area (Å²) in [6.07, 6.45) is -1.74. The SMILES string of the molecule is COc1c(Br)cc2c(c1C(O)C(=O)O)OCCO2. The highest BCUT2D eigenvalue weighted by Gasteiger charge is 2.31. The molecule has 1 aliphatic heterocycles. The topological polar surface area (TPSA) is 85.2 Å². The first kappa shape index (κ1) is 13.0. The number of carbonyl (C=O) groups is 1. The minimum atomic E-state index is -1.74. The van der Waals surface area contributed by atoms with Crippen molar-refractivity contribution in [2.24, 2.45) is 0 Å². The molecule has 0 spiro atoms. The lowest BCUT2D eigenvalue weighted by atomic mass is 10.1. The van der Waals surface area contributed by atoms with Crippen molar-refractivity contribution in [1.82, 2.24) is 0 Å². The number of aliphatic hydroxyl groups is 1. The molecule has 2 rings (SSSR count). The van der Waals surface area contributed by atoms with Gasteiger partial charge in [-0.3, -0.25) is 0 Å². The number of carboxylic acids is 1. The summed E-state index contributed by atoms with van der Waals surface area (Å²) in [5, 5.41) is 18.7. The Morgan fingerprint density at radius 1 is 1.50 bits per heavy atom. The summed E-state index contributed by atoms with van der Waals surface area (Å²) in [6.45, 7) is 0.658. The molecule has 6 nitrogen and oxygen atoms in total. The largest absolute Gasteiger partial charge is 0.495 e. The molecule has 0 saturated carbocycles. The molecule has 0 fully saturated rings.